The van der Waals surface area contributed by atoms with Crippen molar-refractivity contribution in [2.24, 2.45) is 22.7 Å². The van der Waals surface area contributed by atoms with Gasteiger partial charge < -0.3 is 29.5 Å². The quantitative estimate of drug-likeness (QED) is 0.0316. The molecule has 16 nitrogen and oxygen atoms in total. The number of alkyl carbamates (subject to hydrolysis) is 1. The number of halogens is 10. The van der Waals surface area contributed by atoms with Crippen molar-refractivity contribution in [2.45, 2.75) is 97.0 Å². The first kappa shape index (κ1) is 62.4. The number of anilines is 1. The number of rotatable bonds is 21. The van der Waals surface area contributed by atoms with Gasteiger partial charge in [-0.3, -0.25) is 24.7 Å². The standard InChI is InChI=1S/C54H62F10N8O8/c1-51(2,53(59,60)61)40(25-46(75)78-5)48(76)68-71(29-39-41(55)22-35(23-42(39)56)37-27-66-72(28-37)49(57)58)30-44(74)36(24-43(73)47(67-50(77)79-6)52(3,4)54(62,63)64)21-33-10-7-32(8-11-33)9-12-34-13-14-45(65-26-34)70-18-16-69(17-19-70)38-15-20-80-31-38/h7-8,10-11,13-14,22-23,26-28,36,38,40,44,47,49,74H,15-21,24-25,29-31H2,1-6H3,(H,67,77)(H,68,76)/t36-,38?,40-,44+,47-/m1/s1. The molecule has 0 spiro atoms. The van der Waals surface area contributed by atoms with Gasteiger partial charge in [0, 0.05) is 93.0 Å². The first-order chi connectivity index (χ1) is 37.5. The Morgan fingerprint density at radius 2 is 1.46 bits per heavy atom. The number of carbonyl (C=O) groups excluding carboxylic acids is 4. The largest absolute Gasteiger partial charge is 0.469 e. The number of amides is 2. The number of aliphatic hydroxyl groups excluding tert-OH is 1. The summed E-state index contributed by atoms with van der Waals surface area (Å²) in [6, 6.07) is 9.40. The third-order valence-corrected chi connectivity index (χ3v) is 14.7. The molecule has 2 fully saturated rings. The van der Waals surface area contributed by atoms with E-state index in [-0.39, 0.29) is 22.2 Å². The Kier molecular flexibility index (Phi) is 20.4. The molecule has 436 valence electrons. The average Bonchev–Trinajstić information content (AvgIpc) is 4.15. The fourth-order valence-corrected chi connectivity index (χ4v) is 9.26. The Morgan fingerprint density at radius 1 is 0.838 bits per heavy atom. The number of ether oxygens (including phenoxy) is 3. The van der Waals surface area contributed by atoms with Gasteiger partial charge in [-0.25, -0.2) is 28.3 Å². The summed E-state index contributed by atoms with van der Waals surface area (Å²) in [6.07, 6.45) is -11.9. The molecule has 2 aromatic heterocycles. The summed E-state index contributed by atoms with van der Waals surface area (Å²) in [6.45, 7) is 2.09. The van der Waals surface area contributed by atoms with Crippen LogP contribution in [0.15, 0.2) is 67.1 Å². The summed E-state index contributed by atoms with van der Waals surface area (Å²) in [5, 5.41) is 18.1. The number of hydrogen-bond acceptors (Lipinski definition) is 13. The molecule has 0 aliphatic carbocycles. The van der Waals surface area contributed by atoms with Gasteiger partial charge in [0.2, 0.25) is 5.91 Å². The molecule has 4 heterocycles. The van der Waals surface area contributed by atoms with Crippen LogP contribution in [-0.4, -0.2) is 144 Å². The Labute approximate surface area is 455 Å². The van der Waals surface area contributed by atoms with Crippen LogP contribution in [0.1, 0.15) is 75.8 Å². The molecular formula is C54H62F10N8O8. The second kappa shape index (κ2) is 26.2. The number of aromatic nitrogens is 3. The van der Waals surface area contributed by atoms with E-state index in [1.807, 2.05) is 17.4 Å². The average molecular weight is 1140 g/mol. The highest BCUT2D eigenvalue weighted by atomic mass is 19.4. The monoisotopic (exact) mass is 1140 g/mol. The van der Waals surface area contributed by atoms with E-state index in [0.717, 1.165) is 78.2 Å². The van der Waals surface area contributed by atoms with Crippen molar-refractivity contribution in [2.75, 3.05) is 65.1 Å². The van der Waals surface area contributed by atoms with Gasteiger partial charge in [0.15, 0.2) is 5.78 Å². The Balaban J connectivity index is 1.31. The Hall–Kier alpha value is -6.82. The maximum atomic E-state index is 16.1. The summed E-state index contributed by atoms with van der Waals surface area (Å²) in [7, 11) is 1.70. The van der Waals surface area contributed by atoms with Crippen molar-refractivity contribution in [1.82, 2.24) is 35.4 Å². The molecule has 4 aromatic rings. The van der Waals surface area contributed by atoms with Gasteiger partial charge in [-0.1, -0.05) is 37.8 Å². The van der Waals surface area contributed by atoms with E-state index in [0.29, 0.717) is 67.6 Å². The number of pyridine rings is 1. The molecule has 6 rings (SSSR count). The fraction of sp³-hybridized carbons (Fsp3) is 0.519. The van der Waals surface area contributed by atoms with Gasteiger partial charge in [0.25, 0.3) is 0 Å². The van der Waals surface area contributed by atoms with Crippen molar-refractivity contribution >= 4 is 29.6 Å². The van der Waals surface area contributed by atoms with Crippen LogP contribution in [0.5, 0.6) is 0 Å². The second-order valence-corrected chi connectivity index (χ2v) is 20.7. The summed E-state index contributed by atoms with van der Waals surface area (Å²) in [5.41, 5.74) is -3.77. The van der Waals surface area contributed by atoms with Gasteiger partial charge in [-0.15, -0.1) is 0 Å². The molecule has 2 aromatic carbocycles. The highest BCUT2D eigenvalue weighted by Crippen LogP contribution is 2.46. The van der Waals surface area contributed by atoms with Crippen LogP contribution < -0.4 is 15.6 Å². The molecule has 0 bridgehead atoms. The molecule has 5 atom stereocenters. The molecule has 2 amide bonds. The zero-order valence-corrected chi connectivity index (χ0v) is 44.6. The number of esters is 1. The maximum absolute atomic E-state index is 16.1. The molecule has 1 unspecified atom stereocenters. The van der Waals surface area contributed by atoms with Gasteiger partial charge in [-0.2, -0.15) is 40.2 Å². The van der Waals surface area contributed by atoms with Crippen molar-refractivity contribution in [3.05, 3.63) is 101 Å². The van der Waals surface area contributed by atoms with Crippen LogP contribution in [0.2, 0.25) is 0 Å². The lowest BCUT2D eigenvalue weighted by molar-refractivity contribution is -0.231. The maximum Gasteiger partial charge on any atom is 0.407 e. The van der Waals surface area contributed by atoms with E-state index in [2.05, 4.69) is 46.6 Å². The predicted octanol–water partition coefficient (Wildman–Crippen LogP) is 8.02. The summed E-state index contributed by atoms with van der Waals surface area (Å²) in [5.74, 6) is -3.83. The fourth-order valence-electron chi connectivity index (χ4n) is 9.26. The summed E-state index contributed by atoms with van der Waals surface area (Å²) >= 11 is 0. The number of ketones is 1. The number of benzene rings is 2. The van der Waals surface area contributed by atoms with E-state index in [1.165, 1.54) is 12.1 Å². The van der Waals surface area contributed by atoms with Crippen molar-refractivity contribution in [1.29, 1.82) is 0 Å². The number of alkyl halides is 8. The van der Waals surface area contributed by atoms with E-state index in [9.17, 15) is 59.4 Å². The lowest BCUT2D eigenvalue weighted by Gasteiger charge is -2.38. The van der Waals surface area contributed by atoms with Crippen LogP contribution in [0.25, 0.3) is 11.1 Å². The predicted molar refractivity (Wildman–Crippen MR) is 269 cm³/mol. The third kappa shape index (κ3) is 15.5. The molecular weight excluding hydrogens is 1080 g/mol. The van der Waals surface area contributed by atoms with Gasteiger partial charge in [0.05, 0.1) is 56.3 Å². The topological polar surface area (TPSA) is 181 Å². The van der Waals surface area contributed by atoms with Crippen molar-refractivity contribution in [3.63, 3.8) is 0 Å². The van der Waals surface area contributed by atoms with Gasteiger partial charge in [0.1, 0.15) is 23.5 Å². The van der Waals surface area contributed by atoms with Crippen LogP contribution >= 0.6 is 0 Å². The molecule has 2 aliphatic rings. The normalized spacial score (nSPS) is 17.1. The summed E-state index contributed by atoms with van der Waals surface area (Å²) < 4.78 is 161. The van der Waals surface area contributed by atoms with E-state index in [1.54, 1.807) is 18.3 Å². The van der Waals surface area contributed by atoms with Gasteiger partial charge in [-0.05, 0) is 80.1 Å². The van der Waals surface area contributed by atoms with Gasteiger partial charge >= 0.3 is 31.0 Å². The molecule has 2 aliphatic heterocycles. The van der Waals surface area contributed by atoms with Crippen molar-refractivity contribution in [3.8, 4) is 23.0 Å². The number of nitrogens with zero attached hydrogens (tertiary/aromatic N) is 6. The number of aliphatic hydroxyl groups is 1. The molecule has 2 saturated heterocycles. The SMILES string of the molecule is COC(=O)C[C@H](C(=O)NN(Cc1c(F)cc(-c2cnn(C(F)F)c2)cc1F)C[C@H](O)[C@@H](CC(=O)[C@@H](NC(=O)OC)C(C)(C)C(F)(F)F)Cc1ccc(C#Cc2ccc(N3CCN(C4CCOC4)CC3)nc2)cc1)C(C)(C)C(F)(F)F. The molecule has 80 heavy (non-hydrogen) atoms. The van der Waals surface area contributed by atoms with Crippen LogP contribution in [0.4, 0.5) is 54.5 Å². The highest BCUT2D eigenvalue weighted by Gasteiger charge is 2.57. The third-order valence-electron chi connectivity index (χ3n) is 14.7. The first-order valence-corrected chi connectivity index (χ1v) is 25.3. The van der Waals surface area contributed by atoms with E-state index >= 15 is 8.78 Å². The Morgan fingerprint density at radius 3 is 2.00 bits per heavy atom. The number of nitrogens with one attached hydrogen (secondary N) is 2. The van der Waals surface area contributed by atoms with Crippen LogP contribution in [0, 0.1) is 46.1 Å². The Bertz CT molecular complexity index is 2820. The van der Waals surface area contributed by atoms with Crippen LogP contribution in [-0.2, 0) is 41.6 Å². The minimum atomic E-state index is -5.16. The minimum Gasteiger partial charge on any atom is -0.469 e. The number of methoxy groups -OCH3 is 2. The molecule has 3 N–H and O–H groups in total. The zero-order chi connectivity index (χ0) is 58.9. The number of piperazine rings is 1. The minimum absolute atomic E-state index is 0.158. The number of Topliss-reactive ketones (excluding diaryl/α,β-unsaturated/α-hetero) is 1. The second-order valence-electron chi connectivity index (χ2n) is 20.7. The number of hydrazine groups is 1. The van der Waals surface area contributed by atoms with Crippen LogP contribution in [0.3, 0.4) is 0 Å². The number of hydrogen-bond donors (Lipinski definition) is 3. The molecule has 26 heteroatoms. The summed E-state index contributed by atoms with van der Waals surface area (Å²) in [4.78, 5) is 62.4. The first-order valence-electron chi connectivity index (χ1n) is 25.3. The van der Waals surface area contributed by atoms with E-state index < -0.39 is 121 Å². The molecule has 0 radical (unpaired) electrons. The lowest BCUT2D eigenvalue weighted by atomic mass is 9.75. The lowest BCUT2D eigenvalue weighted by Crippen LogP contribution is -2.57. The number of carbonyl (C=O) groups is 4. The smallest absolute Gasteiger partial charge is 0.407 e. The van der Waals surface area contributed by atoms with E-state index in [4.69, 9.17) is 4.74 Å². The van der Waals surface area contributed by atoms with Crippen molar-refractivity contribution < 1.29 is 82.4 Å². The highest BCUT2D eigenvalue weighted by molar-refractivity contribution is 5.88. The zero-order valence-electron chi connectivity index (χ0n) is 44.6. The molecule has 0 saturated carbocycles.